The van der Waals surface area contributed by atoms with Gasteiger partial charge in [-0.05, 0) is 67.1 Å². The van der Waals surface area contributed by atoms with E-state index in [2.05, 4.69) is 16.7 Å². The fourth-order valence-corrected chi connectivity index (χ4v) is 3.69. The predicted molar refractivity (Wildman–Crippen MR) is 127 cm³/mol. The molecule has 10 heteroatoms. The van der Waals surface area contributed by atoms with Crippen LogP contribution in [-0.2, 0) is 40.2 Å². The Kier molecular flexibility index (Phi) is 13.7. The highest BCUT2D eigenvalue weighted by molar-refractivity contribution is 6.33. The van der Waals surface area contributed by atoms with E-state index in [1.165, 1.54) is 11.1 Å². The molecule has 0 unspecified atom stereocenters. The van der Waals surface area contributed by atoms with Crippen LogP contribution in [0.25, 0.3) is 0 Å². The minimum atomic E-state index is -4.08. The molecule has 35 heavy (non-hydrogen) atoms. The Bertz CT molecular complexity index is 960. The summed E-state index contributed by atoms with van der Waals surface area (Å²) < 4.78 is 36.7. The van der Waals surface area contributed by atoms with Gasteiger partial charge in [0.05, 0.1) is 10.7 Å². The average molecular weight is 515 g/mol. The molecule has 0 bridgehead atoms. The van der Waals surface area contributed by atoms with Gasteiger partial charge in [0.2, 0.25) is 0 Å². The summed E-state index contributed by atoms with van der Waals surface area (Å²) in [6, 6.07) is 11.8. The molecule has 0 saturated heterocycles. The Balaban J connectivity index is 0.000000669. The lowest BCUT2D eigenvalue weighted by Crippen LogP contribution is -2.16. The van der Waals surface area contributed by atoms with Crippen molar-refractivity contribution in [2.24, 2.45) is 0 Å². The molecule has 3 rings (SSSR count). The van der Waals surface area contributed by atoms with Crippen LogP contribution < -0.4 is 10.6 Å². The number of hydrogen-bond donors (Lipinski definition) is 3. The number of benzene rings is 2. The topological polar surface area (TPSA) is 95.5 Å². The van der Waals surface area contributed by atoms with Crippen molar-refractivity contribution in [2.45, 2.75) is 58.2 Å². The Hall–Kier alpha value is -2.87. The molecular weight excluding hydrogens is 485 g/mol. The molecule has 1 aliphatic rings. The number of carboxylic acids is 1. The summed E-state index contributed by atoms with van der Waals surface area (Å²) in [5, 5.41) is 15.3. The second-order valence-corrected chi connectivity index (χ2v) is 8.19. The molecule has 0 saturated carbocycles. The van der Waals surface area contributed by atoms with Crippen LogP contribution in [0.1, 0.15) is 48.4 Å². The van der Waals surface area contributed by atoms with E-state index < -0.39 is 18.6 Å². The minimum absolute atomic E-state index is 0.126. The number of aryl methyl sites for hydroxylation is 1. The fraction of sp³-hybridized carbons (Fsp3) is 0.440. The summed E-state index contributed by atoms with van der Waals surface area (Å²) >= 11 is 6.43. The predicted octanol–water partition coefficient (Wildman–Crippen LogP) is 5.42. The third-order valence-electron chi connectivity index (χ3n) is 5.20. The summed E-state index contributed by atoms with van der Waals surface area (Å²) in [5.74, 6) is -0.745. The molecule has 192 valence electrons. The van der Waals surface area contributed by atoms with E-state index >= 15 is 0 Å². The summed E-state index contributed by atoms with van der Waals surface area (Å²) in [4.78, 5) is 25.6. The summed E-state index contributed by atoms with van der Waals surface area (Å²) in [6.45, 7) is 4.15. The van der Waals surface area contributed by atoms with Crippen molar-refractivity contribution in [2.75, 3.05) is 18.4 Å². The third-order valence-corrected chi connectivity index (χ3v) is 5.52. The Labute approximate surface area is 207 Å². The van der Waals surface area contributed by atoms with Crippen LogP contribution in [0.5, 0.6) is 0 Å². The zero-order chi connectivity index (χ0) is 26.3. The van der Waals surface area contributed by atoms with Gasteiger partial charge >= 0.3 is 18.3 Å². The number of nitrogens with one attached hydrogen (secondary N) is 2. The zero-order valence-corrected chi connectivity index (χ0v) is 20.3. The first-order chi connectivity index (χ1) is 16.6. The summed E-state index contributed by atoms with van der Waals surface area (Å²) in [7, 11) is 0. The number of carboxylic acid groups (broad SMARTS) is 1. The lowest BCUT2D eigenvalue weighted by Gasteiger charge is -2.16. The maximum absolute atomic E-state index is 12.2. The second kappa shape index (κ2) is 15.9. The lowest BCUT2D eigenvalue weighted by molar-refractivity contribution is -0.191. The number of halogens is 4. The average Bonchev–Trinajstić information content (AvgIpc) is 3.05. The zero-order valence-electron chi connectivity index (χ0n) is 19.5. The van der Waals surface area contributed by atoms with Crippen LogP contribution in [0, 0.1) is 0 Å². The number of anilines is 1. The van der Waals surface area contributed by atoms with E-state index in [-0.39, 0.29) is 19.0 Å². The Morgan fingerprint density at radius 2 is 1.66 bits per heavy atom. The van der Waals surface area contributed by atoms with E-state index in [9.17, 15) is 18.0 Å². The van der Waals surface area contributed by atoms with Crippen LogP contribution in [0.15, 0.2) is 36.4 Å². The van der Waals surface area contributed by atoms with Crippen molar-refractivity contribution in [1.82, 2.24) is 5.32 Å². The molecule has 0 atom stereocenters. The number of hydrogen-bond acceptors (Lipinski definition) is 5. The van der Waals surface area contributed by atoms with Crippen LogP contribution in [0.2, 0.25) is 5.02 Å². The van der Waals surface area contributed by atoms with E-state index in [1.54, 1.807) is 6.92 Å². The van der Waals surface area contributed by atoms with E-state index in [0.717, 1.165) is 47.8 Å². The second-order valence-electron chi connectivity index (χ2n) is 7.78. The standard InChI is InChI=1S/C21H24ClF3N2.C3H6O2.CO2/c22-19-8-7-17-9-12-26-13-10-18(17)20(19)27-14-16-5-3-15(4-6-16)2-1-11-21(23,24)25;1-2-3(4)5;2-1-3/h3-8,26-27H,1-2,9-14H2;2H2,1H3,(H,4,5);. The monoisotopic (exact) mass is 514 g/mol. The van der Waals surface area contributed by atoms with Crippen LogP contribution >= 0.6 is 11.6 Å². The van der Waals surface area contributed by atoms with Gasteiger partial charge in [-0.25, -0.2) is 0 Å². The highest BCUT2D eigenvalue weighted by Crippen LogP contribution is 2.31. The minimum Gasteiger partial charge on any atom is -0.481 e. The molecule has 0 radical (unpaired) electrons. The van der Waals surface area contributed by atoms with Gasteiger partial charge in [0.15, 0.2) is 0 Å². The van der Waals surface area contributed by atoms with Crippen molar-refractivity contribution < 1.29 is 32.7 Å². The molecule has 0 aliphatic carbocycles. The molecule has 6 nitrogen and oxygen atoms in total. The first-order valence-electron chi connectivity index (χ1n) is 11.2. The Morgan fingerprint density at radius 1 is 1.09 bits per heavy atom. The van der Waals surface area contributed by atoms with Gasteiger partial charge in [-0.2, -0.15) is 22.8 Å². The van der Waals surface area contributed by atoms with Gasteiger partial charge in [0, 0.05) is 19.4 Å². The van der Waals surface area contributed by atoms with Crippen molar-refractivity contribution in [3.63, 3.8) is 0 Å². The van der Waals surface area contributed by atoms with Crippen molar-refractivity contribution in [3.05, 3.63) is 63.7 Å². The van der Waals surface area contributed by atoms with E-state index in [0.29, 0.717) is 13.0 Å². The van der Waals surface area contributed by atoms with E-state index in [4.69, 9.17) is 26.3 Å². The Morgan fingerprint density at radius 3 is 2.23 bits per heavy atom. The SMILES string of the molecule is CCC(=O)O.FC(F)(F)CCCc1ccc(CNc2c(Cl)ccc3c2CCNCC3)cc1.O=C=O. The largest absolute Gasteiger partial charge is 0.481 e. The molecule has 1 aliphatic heterocycles. The maximum Gasteiger partial charge on any atom is 0.389 e. The van der Waals surface area contributed by atoms with Crippen molar-refractivity contribution >= 4 is 29.4 Å². The number of rotatable bonds is 7. The van der Waals surface area contributed by atoms with Gasteiger partial charge in [0.1, 0.15) is 0 Å². The van der Waals surface area contributed by atoms with Gasteiger partial charge in [-0.15, -0.1) is 0 Å². The molecule has 1 heterocycles. The first kappa shape index (κ1) is 30.2. The third kappa shape index (κ3) is 12.4. The molecule has 0 amide bonds. The summed E-state index contributed by atoms with van der Waals surface area (Å²) in [6.07, 6.45) is -1.83. The van der Waals surface area contributed by atoms with Crippen LogP contribution in [0.3, 0.4) is 0 Å². The fourth-order valence-electron chi connectivity index (χ4n) is 3.44. The molecule has 0 fully saturated rings. The lowest BCUT2D eigenvalue weighted by atomic mass is 10.0. The molecule has 0 spiro atoms. The molecule has 2 aromatic carbocycles. The number of fused-ring (bicyclic) bond motifs is 1. The van der Waals surface area contributed by atoms with Gasteiger partial charge in [-0.3, -0.25) is 4.79 Å². The summed E-state index contributed by atoms with van der Waals surface area (Å²) in [5.41, 5.74) is 5.60. The van der Waals surface area contributed by atoms with Gasteiger partial charge in [-0.1, -0.05) is 48.9 Å². The van der Waals surface area contributed by atoms with Crippen molar-refractivity contribution in [1.29, 1.82) is 0 Å². The van der Waals surface area contributed by atoms with Gasteiger partial charge in [0.25, 0.3) is 0 Å². The maximum atomic E-state index is 12.2. The molecule has 2 aromatic rings. The quantitative estimate of drug-likeness (QED) is 0.456. The number of carbonyl (C=O) groups excluding carboxylic acids is 2. The smallest absolute Gasteiger partial charge is 0.389 e. The first-order valence-corrected chi connectivity index (χ1v) is 11.6. The van der Waals surface area contributed by atoms with Gasteiger partial charge < -0.3 is 15.7 Å². The van der Waals surface area contributed by atoms with E-state index in [1.807, 2.05) is 30.3 Å². The number of alkyl halides is 3. The highest BCUT2D eigenvalue weighted by Gasteiger charge is 2.25. The normalized spacial score (nSPS) is 12.5. The number of aliphatic carboxylic acids is 1. The highest BCUT2D eigenvalue weighted by atomic mass is 35.5. The van der Waals surface area contributed by atoms with Crippen molar-refractivity contribution in [3.8, 4) is 0 Å². The molecule has 3 N–H and O–H groups in total. The number of carbonyl (C=O) groups is 1. The van der Waals surface area contributed by atoms with Crippen LogP contribution in [0.4, 0.5) is 18.9 Å². The molecule has 0 aromatic heterocycles. The molecular formula is C25H30ClF3N2O4. The van der Waals surface area contributed by atoms with Crippen LogP contribution in [-0.4, -0.2) is 36.5 Å².